The summed E-state index contributed by atoms with van der Waals surface area (Å²) in [5, 5.41) is 3.27. The Kier molecular flexibility index (Phi) is 8.01. The highest BCUT2D eigenvalue weighted by Crippen LogP contribution is 2.42. The molecule has 1 unspecified atom stereocenters. The van der Waals surface area contributed by atoms with E-state index in [-0.39, 0.29) is 29.2 Å². The molecule has 3 fully saturated rings. The van der Waals surface area contributed by atoms with E-state index in [0.29, 0.717) is 11.4 Å². The number of benzene rings is 2. The first-order valence-corrected chi connectivity index (χ1v) is 15.8. The number of ether oxygens (including phenoxy) is 1. The fraction of sp³-hybridized carbons (Fsp3) is 0.533. The van der Waals surface area contributed by atoms with Crippen molar-refractivity contribution < 1.29 is 22.7 Å². The van der Waals surface area contributed by atoms with Crippen molar-refractivity contribution in [3.05, 3.63) is 59.7 Å². The quantitative estimate of drug-likeness (QED) is 0.483. The third-order valence-corrected chi connectivity index (χ3v) is 9.78. The van der Waals surface area contributed by atoms with E-state index in [1.54, 1.807) is 31.4 Å². The molecule has 1 saturated carbocycles. The summed E-state index contributed by atoms with van der Waals surface area (Å²) in [7, 11) is -1.57. The number of hydrogen-bond acceptors (Lipinski definition) is 6. The zero-order valence-corrected chi connectivity index (χ0v) is 23.7. The Balaban J connectivity index is 1.16. The van der Waals surface area contributed by atoms with E-state index in [1.165, 1.54) is 6.26 Å². The molecule has 2 aliphatic heterocycles. The lowest BCUT2D eigenvalue weighted by atomic mass is 9.77. The molecule has 5 rings (SSSR count). The SMILES string of the molecule is COc1ccccc1C(CCN1CCC2(CC1)CCN(Cc1ccc(S(C)(=O)=O)cc1)C2=O)NC(=O)C1CC1. The van der Waals surface area contributed by atoms with Crippen molar-refractivity contribution in [3.63, 3.8) is 0 Å². The Morgan fingerprint density at radius 3 is 2.36 bits per heavy atom. The molecule has 3 aliphatic rings. The number of methoxy groups -OCH3 is 1. The fourth-order valence-corrected chi connectivity index (χ4v) is 6.61. The molecule has 2 heterocycles. The number of amides is 2. The lowest BCUT2D eigenvalue weighted by Crippen LogP contribution is -2.45. The maximum Gasteiger partial charge on any atom is 0.229 e. The van der Waals surface area contributed by atoms with Crippen LogP contribution in [0.3, 0.4) is 0 Å². The van der Waals surface area contributed by atoms with Crippen molar-refractivity contribution >= 4 is 21.7 Å². The summed E-state index contributed by atoms with van der Waals surface area (Å²) in [6, 6.07) is 14.6. The van der Waals surface area contributed by atoms with Gasteiger partial charge in [0.15, 0.2) is 9.84 Å². The minimum absolute atomic E-state index is 0.108. The summed E-state index contributed by atoms with van der Waals surface area (Å²) >= 11 is 0. The Bertz CT molecular complexity index is 1300. The van der Waals surface area contributed by atoms with Gasteiger partial charge in [0.25, 0.3) is 0 Å². The number of sulfone groups is 1. The molecule has 0 aromatic heterocycles. The number of carbonyl (C=O) groups is 2. The van der Waals surface area contributed by atoms with E-state index >= 15 is 0 Å². The summed E-state index contributed by atoms with van der Waals surface area (Å²) in [6.45, 7) is 3.80. The van der Waals surface area contributed by atoms with Crippen LogP contribution in [0.2, 0.25) is 0 Å². The van der Waals surface area contributed by atoms with Crippen molar-refractivity contribution in [2.75, 3.05) is 39.5 Å². The number of nitrogens with one attached hydrogen (secondary N) is 1. The zero-order valence-electron chi connectivity index (χ0n) is 22.9. The molecule has 8 nitrogen and oxygen atoms in total. The summed E-state index contributed by atoms with van der Waals surface area (Å²) in [6.07, 6.45) is 6.46. The van der Waals surface area contributed by atoms with Gasteiger partial charge in [-0.2, -0.15) is 0 Å². The van der Waals surface area contributed by atoms with E-state index in [2.05, 4.69) is 10.2 Å². The second kappa shape index (κ2) is 11.3. The standard InChI is InChI=1S/C30H39N3O5S/c1-38-27-6-4-3-5-25(27)26(31-28(34)23-9-10-23)13-17-32-18-14-30(15-19-32)16-20-33(29(30)35)21-22-7-11-24(12-8-22)39(2,36)37/h3-8,11-12,23,26H,9-10,13-21H2,1-2H3,(H,31,34). The molecule has 1 atom stereocenters. The van der Waals surface area contributed by atoms with Gasteiger partial charge < -0.3 is 19.9 Å². The summed E-state index contributed by atoms with van der Waals surface area (Å²) in [5.74, 6) is 1.29. The summed E-state index contributed by atoms with van der Waals surface area (Å²) < 4.78 is 29.1. The number of hydrogen-bond donors (Lipinski definition) is 1. The molecule has 0 radical (unpaired) electrons. The molecule has 2 amide bonds. The Labute approximate surface area is 231 Å². The zero-order chi connectivity index (χ0) is 27.6. The third kappa shape index (κ3) is 6.30. The highest BCUT2D eigenvalue weighted by molar-refractivity contribution is 7.90. The highest BCUT2D eigenvalue weighted by atomic mass is 32.2. The fourth-order valence-electron chi connectivity index (χ4n) is 5.98. The maximum atomic E-state index is 13.5. The number of carbonyl (C=O) groups excluding carboxylic acids is 2. The monoisotopic (exact) mass is 553 g/mol. The molecular formula is C30H39N3O5S. The first-order valence-electron chi connectivity index (χ1n) is 13.9. The van der Waals surface area contributed by atoms with Gasteiger partial charge in [0.1, 0.15) is 5.75 Å². The van der Waals surface area contributed by atoms with Crippen LogP contribution < -0.4 is 10.1 Å². The number of rotatable bonds is 10. The number of piperidine rings is 1. The largest absolute Gasteiger partial charge is 0.496 e. The van der Waals surface area contributed by atoms with Gasteiger partial charge in [-0.1, -0.05) is 30.3 Å². The number of likely N-dealkylation sites (tertiary alicyclic amines) is 2. The molecule has 9 heteroatoms. The van der Waals surface area contributed by atoms with Crippen LogP contribution in [-0.2, 0) is 26.0 Å². The molecule has 1 spiro atoms. The highest BCUT2D eigenvalue weighted by Gasteiger charge is 2.48. The van der Waals surface area contributed by atoms with Crippen LogP contribution in [-0.4, -0.2) is 69.6 Å². The maximum absolute atomic E-state index is 13.5. The van der Waals surface area contributed by atoms with Gasteiger partial charge >= 0.3 is 0 Å². The smallest absolute Gasteiger partial charge is 0.229 e. The minimum Gasteiger partial charge on any atom is -0.496 e. The van der Waals surface area contributed by atoms with Crippen LogP contribution in [0.5, 0.6) is 5.75 Å². The van der Waals surface area contributed by atoms with Crippen LogP contribution in [0, 0.1) is 11.3 Å². The molecule has 1 aliphatic carbocycles. The van der Waals surface area contributed by atoms with Crippen LogP contribution >= 0.6 is 0 Å². The Morgan fingerprint density at radius 1 is 1.05 bits per heavy atom. The minimum atomic E-state index is -3.23. The van der Waals surface area contributed by atoms with Gasteiger partial charge in [0.2, 0.25) is 11.8 Å². The lowest BCUT2D eigenvalue weighted by Gasteiger charge is -2.38. The molecule has 39 heavy (non-hydrogen) atoms. The van der Waals surface area contributed by atoms with Crippen LogP contribution in [0.15, 0.2) is 53.4 Å². The van der Waals surface area contributed by atoms with E-state index < -0.39 is 9.84 Å². The Hall–Kier alpha value is -2.91. The van der Waals surface area contributed by atoms with Gasteiger partial charge in [-0.15, -0.1) is 0 Å². The number of nitrogens with zero attached hydrogens (tertiary/aromatic N) is 2. The van der Waals surface area contributed by atoms with Crippen molar-refractivity contribution in [3.8, 4) is 5.75 Å². The topological polar surface area (TPSA) is 96.0 Å². The van der Waals surface area contributed by atoms with Gasteiger partial charge in [-0.25, -0.2) is 8.42 Å². The van der Waals surface area contributed by atoms with Crippen molar-refractivity contribution in [1.82, 2.24) is 15.1 Å². The van der Waals surface area contributed by atoms with Gasteiger partial charge in [-0.3, -0.25) is 9.59 Å². The van der Waals surface area contributed by atoms with E-state index in [4.69, 9.17) is 4.74 Å². The van der Waals surface area contributed by atoms with Crippen molar-refractivity contribution in [1.29, 1.82) is 0 Å². The average molecular weight is 554 g/mol. The van der Waals surface area contributed by atoms with Crippen molar-refractivity contribution in [2.24, 2.45) is 11.3 Å². The molecule has 0 bridgehead atoms. The molecule has 1 N–H and O–H groups in total. The lowest BCUT2D eigenvalue weighted by molar-refractivity contribution is -0.139. The van der Waals surface area contributed by atoms with Crippen molar-refractivity contribution in [2.45, 2.75) is 56.0 Å². The summed E-state index contributed by atoms with van der Waals surface area (Å²) in [5.41, 5.74) is 1.65. The van der Waals surface area contributed by atoms with Crippen LogP contribution in [0.4, 0.5) is 0 Å². The van der Waals surface area contributed by atoms with Gasteiger partial charge in [0, 0.05) is 37.4 Å². The van der Waals surface area contributed by atoms with E-state index in [1.807, 2.05) is 29.2 Å². The first-order chi connectivity index (χ1) is 18.7. The third-order valence-electron chi connectivity index (χ3n) is 8.65. The molecule has 2 aromatic carbocycles. The van der Waals surface area contributed by atoms with Gasteiger partial charge in [0.05, 0.1) is 23.5 Å². The second-order valence-electron chi connectivity index (χ2n) is 11.4. The average Bonchev–Trinajstić information content (AvgIpc) is 3.75. The number of para-hydroxylation sites is 1. The predicted octanol–water partition coefficient (Wildman–Crippen LogP) is 3.57. The van der Waals surface area contributed by atoms with E-state index in [9.17, 15) is 18.0 Å². The van der Waals surface area contributed by atoms with Crippen LogP contribution in [0.25, 0.3) is 0 Å². The predicted molar refractivity (Wildman–Crippen MR) is 149 cm³/mol. The molecule has 2 aromatic rings. The molecule has 210 valence electrons. The molecular weight excluding hydrogens is 514 g/mol. The summed E-state index contributed by atoms with van der Waals surface area (Å²) in [4.78, 5) is 30.8. The van der Waals surface area contributed by atoms with Gasteiger partial charge in [-0.05, 0) is 75.4 Å². The van der Waals surface area contributed by atoms with Crippen LogP contribution in [0.1, 0.15) is 55.7 Å². The normalized spacial score (nSPS) is 20.3. The first kappa shape index (κ1) is 27.6. The molecule has 2 saturated heterocycles. The second-order valence-corrected chi connectivity index (χ2v) is 13.4. The Morgan fingerprint density at radius 2 is 1.72 bits per heavy atom. The van der Waals surface area contributed by atoms with E-state index in [0.717, 1.165) is 81.6 Å².